The fourth-order valence-electron chi connectivity index (χ4n) is 2.82. The van der Waals surface area contributed by atoms with Gasteiger partial charge in [0.15, 0.2) is 0 Å². The molecule has 0 aromatic heterocycles. The normalized spacial score (nSPS) is 22.3. The van der Waals surface area contributed by atoms with Crippen LogP contribution in [0.1, 0.15) is 18.4 Å². The van der Waals surface area contributed by atoms with Crippen molar-refractivity contribution in [3.63, 3.8) is 0 Å². The number of likely N-dealkylation sites (tertiary alicyclic amines) is 1. The second-order valence-corrected chi connectivity index (χ2v) is 5.54. The largest absolute Gasteiger partial charge is 0.463 e. The maximum atomic E-state index is 13.4. The van der Waals surface area contributed by atoms with E-state index in [1.165, 1.54) is 0 Å². The summed E-state index contributed by atoms with van der Waals surface area (Å²) in [5.41, 5.74) is 1.03. The van der Waals surface area contributed by atoms with Crippen LogP contribution in [0.5, 0.6) is 0 Å². The molecule has 1 fully saturated rings. The van der Waals surface area contributed by atoms with Gasteiger partial charge in [-0.25, -0.2) is 4.79 Å². The lowest BCUT2D eigenvalue weighted by molar-refractivity contribution is -0.252. The third-order valence-corrected chi connectivity index (χ3v) is 4.07. The van der Waals surface area contributed by atoms with Crippen LogP contribution in [0.4, 0.5) is 8.78 Å². The molecular weight excluding hydrogens is 308 g/mol. The molecule has 0 saturated carbocycles. The lowest BCUT2D eigenvalue weighted by Gasteiger charge is -2.30. The van der Waals surface area contributed by atoms with Crippen molar-refractivity contribution in [2.24, 2.45) is 0 Å². The Balaban J connectivity index is 2.00. The van der Waals surface area contributed by atoms with E-state index < -0.39 is 12.1 Å². The lowest BCUT2D eigenvalue weighted by Crippen LogP contribution is -2.43. The number of alkyl halides is 2. The minimum Gasteiger partial charge on any atom is -0.463 e. The Morgan fingerprint density at radius 1 is 1.30 bits per heavy atom. The summed E-state index contributed by atoms with van der Waals surface area (Å²) >= 11 is 0. The van der Waals surface area contributed by atoms with Crippen molar-refractivity contribution in [1.82, 2.24) is 4.90 Å². The first kappa shape index (κ1) is 17.8. The number of benzene rings is 1. The molecule has 1 aliphatic rings. The third kappa shape index (κ3) is 4.46. The summed E-state index contributed by atoms with van der Waals surface area (Å²) in [4.78, 5) is 12.9. The van der Waals surface area contributed by atoms with Crippen LogP contribution < -0.4 is 0 Å². The summed E-state index contributed by atoms with van der Waals surface area (Å²) in [5, 5.41) is 9.48. The van der Waals surface area contributed by atoms with Gasteiger partial charge in [0.1, 0.15) is 0 Å². The summed E-state index contributed by atoms with van der Waals surface area (Å²) in [7, 11) is 0.888. The van der Waals surface area contributed by atoms with Gasteiger partial charge in [0.25, 0.3) is 0 Å². The Bertz CT molecular complexity index is 512. The van der Waals surface area contributed by atoms with E-state index >= 15 is 0 Å². The van der Waals surface area contributed by atoms with Crippen LogP contribution in [0.25, 0.3) is 0 Å². The highest BCUT2D eigenvalue weighted by Gasteiger charge is 2.44. The Labute approximate surface area is 133 Å². The molecule has 0 radical (unpaired) electrons. The summed E-state index contributed by atoms with van der Waals surface area (Å²) in [5.74, 6) is -1.70. The molecule has 1 aromatic rings. The number of ether oxygens (including phenoxy) is 2. The molecule has 1 saturated heterocycles. The predicted octanol–water partition coefficient (Wildman–Crippen LogP) is 1.79. The first-order chi connectivity index (χ1) is 11.0. The molecule has 0 amide bonds. The van der Waals surface area contributed by atoms with Gasteiger partial charge >= 0.3 is 12.1 Å². The minimum absolute atomic E-state index is 0.0449. The van der Waals surface area contributed by atoms with Crippen molar-refractivity contribution >= 4 is 5.97 Å². The SMILES string of the molecule is COC(=O)C(F)(F)OC[C@@H]1CC[C@@H](CO)N1Cc1ccccc1. The van der Waals surface area contributed by atoms with E-state index in [9.17, 15) is 18.7 Å². The number of carbonyl (C=O) groups is 1. The molecule has 0 unspecified atom stereocenters. The van der Waals surface area contributed by atoms with Gasteiger partial charge in [0.2, 0.25) is 0 Å². The maximum absolute atomic E-state index is 13.4. The van der Waals surface area contributed by atoms with Crippen LogP contribution >= 0.6 is 0 Å². The number of rotatable bonds is 7. The number of esters is 1. The van der Waals surface area contributed by atoms with Crippen molar-refractivity contribution in [3.05, 3.63) is 35.9 Å². The smallest absolute Gasteiger partial charge is 0.456 e. The fraction of sp³-hybridized carbons (Fsp3) is 0.562. The second-order valence-electron chi connectivity index (χ2n) is 5.54. The van der Waals surface area contributed by atoms with E-state index in [0.717, 1.165) is 12.7 Å². The van der Waals surface area contributed by atoms with Crippen LogP contribution in [0.2, 0.25) is 0 Å². The zero-order valence-corrected chi connectivity index (χ0v) is 13.0. The molecule has 7 heteroatoms. The number of aliphatic hydroxyl groups is 1. The number of nitrogens with zero attached hydrogens (tertiary/aromatic N) is 1. The van der Waals surface area contributed by atoms with E-state index in [4.69, 9.17) is 0 Å². The lowest BCUT2D eigenvalue weighted by atomic mass is 10.2. The number of halogens is 2. The topological polar surface area (TPSA) is 59.0 Å². The molecule has 1 N–H and O–H groups in total. The molecule has 2 atom stereocenters. The molecule has 128 valence electrons. The highest BCUT2D eigenvalue weighted by atomic mass is 19.3. The van der Waals surface area contributed by atoms with Crippen LogP contribution in [-0.4, -0.2) is 54.5 Å². The molecule has 1 heterocycles. The summed E-state index contributed by atoms with van der Waals surface area (Å²) in [6, 6.07) is 9.18. The van der Waals surface area contributed by atoms with Crippen LogP contribution in [0.3, 0.4) is 0 Å². The van der Waals surface area contributed by atoms with E-state index in [0.29, 0.717) is 19.4 Å². The fourth-order valence-corrected chi connectivity index (χ4v) is 2.82. The summed E-state index contributed by atoms with van der Waals surface area (Å²) in [6.45, 7) is 0.187. The summed E-state index contributed by atoms with van der Waals surface area (Å²) < 4.78 is 35.4. The van der Waals surface area contributed by atoms with Crippen LogP contribution in [-0.2, 0) is 20.8 Å². The highest BCUT2D eigenvalue weighted by molar-refractivity contribution is 5.75. The summed E-state index contributed by atoms with van der Waals surface area (Å²) in [6.07, 6.45) is -2.64. The molecule has 0 aliphatic carbocycles. The molecular formula is C16H21F2NO4. The van der Waals surface area contributed by atoms with Crippen LogP contribution in [0, 0.1) is 0 Å². The van der Waals surface area contributed by atoms with Gasteiger partial charge in [-0.3, -0.25) is 4.90 Å². The quantitative estimate of drug-likeness (QED) is 0.773. The average molecular weight is 329 g/mol. The predicted molar refractivity (Wildman–Crippen MR) is 78.8 cm³/mol. The first-order valence-corrected chi connectivity index (χ1v) is 7.48. The average Bonchev–Trinajstić information content (AvgIpc) is 2.95. The first-order valence-electron chi connectivity index (χ1n) is 7.48. The molecule has 5 nitrogen and oxygen atoms in total. The standard InChI is InChI=1S/C16H21F2NO4/c1-22-15(21)16(17,18)23-11-14-8-7-13(10-20)19(14)9-12-5-3-2-4-6-12/h2-6,13-14,20H,7-11H2,1H3/t13-,14-/m0/s1. The highest BCUT2D eigenvalue weighted by Crippen LogP contribution is 2.28. The van der Waals surface area contributed by atoms with Gasteiger partial charge in [-0.2, -0.15) is 8.78 Å². The maximum Gasteiger partial charge on any atom is 0.456 e. The van der Waals surface area contributed by atoms with Gasteiger partial charge in [0, 0.05) is 18.6 Å². The van der Waals surface area contributed by atoms with Gasteiger partial charge in [-0.1, -0.05) is 30.3 Å². The van der Waals surface area contributed by atoms with Crippen molar-refractivity contribution < 1.29 is 28.2 Å². The molecule has 1 aliphatic heterocycles. The van der Waals surface area contributed by atoms with E-state index in [1.54, 1.807) is 0 Å². The molecule has 1 aromatic carbocycles. The number of methoxy groups -OCH3 is 1. The van der Waals surface area contributed by atoms with E-state index in [1.807, 2.05) is 35.2 Å². The number of aliphatic hydroxyl groups excluding tert-OH is 1. The van der Waals surface area contributed by atoms with Gasteiger partial charge in [0.05, 0.1) is 20.3 Å². The number of carbonyl (C=O) groups excluding carboxylic acids is 1. The number of hydrogen-bond donors (Lipinski definition) is 1. The molecule has 0 bridgehead atoms. The van der Waals surface area contributed by atoms with E-state index in [2.05, 4.69) is 9.47 Å². The zero-order valence-electron chi connectivity index (χ0n) is 13.0. The van der Waals surface area contributed by atoms with Gasteiger partial charge in [-0.15, -0.1) is 0 Å². The number of hydrogen-bond acceptors (Lipinski definition) is 5. The van der Waals surface area contributed by atoms with E-state index in [-0.39, 0.29) is 25.3 Å². The monoisotopic (exact) mass is 329 g/mol. The second kappa shape index (κ2) is 7.81. The molecule has 0 spiro atoms. The van der Waals surface area contributed by atoms with Crippen molar-refractivity contribution in [2.75, 3.05) is 20.3 Å². The zero-order chi connectivity index (χ0) is 16.9. The Morgan fingerprint density at radius 3 is 2.57 bits per heavy atom. The van der Waals surface area contributed by atoms with Crippen molar-refractivity contribution in [1.29, 1.82) is 0 Å². The Kier molecular flexibility index (Phi) is 6.04. The van der Waals surface area contributed by atoms with Crippen molar-refractivity contribution in [3.8, 4) is 0 Å². The molecule has 23 heavy (non-hydrogen) atoms. The van der Waals surface area contributed by atoms with Crippen molar-refractivity contribution in [2.45, 2.75) is 37.6 Å². The molecule has 2 rings (SSSR count). The van der Waals surface area contributed by atoms with Gasteiger partial charge < -0.3 is 14.6 Å². The van der Waals surface area contributed by atoms with Crippen LogP contribution in [0.15, 0.2) is 30.3 Å². The minimum atomic E-state index is -3.95. The Hall–Kier alpha value is -1.57. The Morgan fingerprint density at radius 2 is 1.96 bits per heavy atom. The third-order valence-electron chi connectivity index (χ3n) is 4.07. The van der Waals surface area contributed by atoms with Gasteiger partial charge in [-0.05, 0) is 18.4 Å².